The minimum atomic E-state index is -0.330. The zero-order chi connectivity index (χ0) is 13.5. The highest BCUT2D eigenvalue weighted by molar-refractivity contribution is 9.10. The van der Waals surface area contributed by atoms with E-state index in [2.05, 4.69) is 21.2 Å². The first-order chi connectivity index (χ1) is 8.32. The lowest BCUT2D eigenvalue weighted by Gasteiger charge is -2.49. The van der Waals surface area contributed by atoms with Gasteiger partial charge in [0.25, 0.3) is 5.91 Å². The highest BCUT2D eigenvalue weighted by Gasteiger charge is 2.48. The molecule has 0 saturated heterocycles. The zero-order valence-electron chi connectivity index (χ0n) is 10.8. The SMILES string of the molecule is Cc1ccc(Br)c(C(=O)N[C@@H]2C[C@H](O)C2(C)C)c1. The van der Waals surface area contributed by atoms with E-state index in [0.29, 0.717) is 12.0 Å². The van der Waals surface area contributed by atoms with Crippen LogP contribution in [0.15, 0.2) is 22.7 Å². The third-order valence-corrected chi connectivity index (χ3v) is 4.58. The van der Waals surface area contributed by atoms with Gasteiger partial charge in [-0.3, -0.25) is 4.79 Å². The predicted octanol–water partition coefficient (Wildman–Crippen LogP) is 2.65. The third kappa shape index (κ3) is 2.31. The predicted molar refractivity (Wildman–Crippen MR) is 74.5 cm³/mol. The maximum atomic E-state index is 12.2. The Hall–Kier alpha value is -0.870. The summed E-state index contributed by atoms with van der Waals surface area (Å²) in [5.74, 6) is -0.0875. The second kappa shape index (κ2) is 4.67. The van der Waals surface area contributed by atoms with Gasteiger partial charge in [-0.15, -0.1) is 0 Å². The molecule has 0 heterocycles. The van der Waals surface area contributed by atoms with Crippen LogP contribution in [0, 0.1) is 12.3 Å². The molecular weight excluding hydrogens is 294 g/mol. The average molecular weight is 312 g/mol. The summed E-state index contributed by atoms with van der Waals surface area (Å²) in [6.07, 6.45) is 0.297. The Morgan fingerprint density at radius 1 is 1.50 bits per heavy atom. The molecule has 1 saturated carbocycles. The summed E-state index contributed by atoms with van der Waals surface area (Å²) in [7, 11) is 0. The number of nitrogens with one attached hydrogen (secondary N) is 1. The number of halogens is 1. The summed E-state index contributed by atoms with van der Waals surface area (Å²) in [6, 6.07) is 5.73. The molecule has 3 nitrogen and oxygen atoms in total. The second-order valence-electron chi connectivity index (χ2n) is 5.58. The van der Waals surface area contributed by atoms with Crippen LogP contribution in [0.3, 0.4) is 0 Å². The number of hydrogen-bond donors (Lipinski definition) is 2. The number of carbonyl (C=O) groups excluding carboxylic acids is 1. The molecule has 0 unspecified atom stereocenters. The topological polar surface area (TPSA) is 49.3 Å². The van der Waals surface area contributed by atoms with E-state index in [1.54, 1.807) is 0 Å². The molecule has 1 amide bonds. The van der Waals surface area contributed by atoms with Gasteiger partial charge in [-0.05, 0) is 41.4 Å². The van der Waals surface area contributed by atoms with E-state index in [-0.39, 0.29) is 23.5 Å². The van der Waals surface area contributed by atoms with Crippen molar-refractivity contribution in [1.82, 2.24) is 5.32 Å². The van der Waals surface area contributed by atoms with Crippen molar-refractivity contribution in [2.45, 2.75) is 39.3 Å². The molecule has 2 N–H and O–H groups in total. The maximum absolute atomic E-state index is 12.2. The summed E-state index contributed by atoms with van der Waals surface area (Å²) in [6.45, 7) is 5.90. The lowest BCUT2D eigenvalue weighted by molar-refractivity contribution is -0.0689. The van der Waals surface area contributed by atoms with Crippen LogP contribution in [0.5, 0.6) is 0 Å². The van der Waals surface area contributed by atoms with Crippen molar-refractivity contribution in [3.05, 3.63) is 33.8 Å². The summed E-state index contributed by atoms with van der Waals surface area (Å²) in [4.78, 5) is 12.2. The lowest BCUT2D eigenvalue weighted by atomic mass is 9.64. The van der Waals surface area contributed by atoms with Crippen molar-refractivity contribution >= 4 is 21.8 Å². The normalized spacial score (nSPS) is 25.4. The molecule has 0 bridgehead atoms. The molecule has 1 aromatic rings. The van der Waals surface area contributed by atoms with Gasteiger partial charge in [-0.1, -0.05) is 25.5 Å². The van der Waals surface area contributed by atoms with E-state index in [0.717, 1.165) is 10.0 Å². The van der Waals surface area contributed by atoms with Crippen LogP contribution in [-0.2, 0) is 0 Å². The van der Waals surface area contributed by atoms with Crippen LogP contribution in [0.4, 0.5) is 0 Å². The first-order valence-corrected chi connectivity index (χ1v) is 6.86. The fraction of sp³-hybridized carbons (Fsp3) is 0.500. The molecule has 4 heteroatoms. The summed E-state index contributed by atoms with van der Waals surface area (Å²) >= 11 is 3.39. The first kappa shape index (κ1) is 13.6. The highest BCUT2D eigenvalue weighted by atomic mass is 79.9. The van der Waals surface area contributed by atoms with E-state index >= 15 is 0 Å². The highest BCUT2D eigenvalue weighted by Crippen LogP contribution is 2.40. The Kier molecular flexibility index (Phi) is 3.52. The van der Waals surface area contributed by atoms with Crippen molar-refractivity contribution in [1.29, 1.82) is 0 Å². The summed E-state index contributed by atoms with van der Waals surface area (Å²) in [5.41, 5.74) is 1.45. The molecule has 0 radical (unpaired) electrons. The van der Waals surface area contributed by atoms with Crippen LogP contribution >= 0.6 is 15.9 Å². The number of carbonyl (C=O) groups is 1. The van der Waals surface area contributed by atoms with Crippen molar-refractivity contribution in [3.63, 3.8) is 0 Å². The van der Waals surface area contributed by atoms with Crippen molar-refractivity contribution in [2.24, 2.45) is 5.41 Å². The van der Waals surface area contributed by atoms with Gasteiger partial charge in [0, 0.05) is 15.9 Å². The van der Waals surface area contributed by atoms with Crippen LogP contribution in [-0.4, -0.2) is 23.2 Å². The molecule has 1 fully saturated rings. The summed E-state index contributed by atoms with van der Waals surface area (Å²) in [5, 5.41) is 12.7. The number of benzene rings is 1. The number of rotatable bonds is 2. The summed E-state index contributed by atoms with van der Waals surface area (Å²) < 4.78 is 0.795. The number of aryl methyl sites for hydroxylation is 1. The van der Waals surface area contributed by atoms with E-state index in [1.807, 2.05) is 39.0 Å². The van der Waals surface area contributed by atoms with Crippen LogP contribution in [0.25, 0.3) is 0 Å². The van der Waals surface area contributed by atoms with Crippen molar-refractivity contribution in [3.8, 4) is 0 Å². The van der Waals surface area contributed by atoms with E-state index in [4.69, 9.17) is 0 Å². The standard InChI is InChI=1S/C14H18BrNO2/c1-8-4-5-10(15)9(6-8)13(18)16-11-7-12(17)14(11,2)3/h4-6,11-12,17H,7H2,1-3H3,(H,16,18)/t11-,12+/m1/s1. The fourth-order valence-corrected chi connectivity index (χ4v) is 2.62. The monoisotopic (exact) mass is 311 g/mol. The smallest absolute Gasteiger partial charge is 0.252 e. The van der Waals surface area contributed by atoms with Gasteiger partial charge in [0.15, 0.2) is 0 Å². The third-order valence-electron chi connectivity index (χ3n) is 3.89. The minimum absolute atomic E-state index is 0.0346. The molecule has 18 heavy (non-hydrogen) atoms. The van der Waals surface area contributed by atoms with E-state index < -0.39 is 0 Å². The van der Waals surface area contributed by atoms with Crippen LogP contribution < -0.4 is 5.32 Å². The quantitative estimate of drug-likeness (QED) is 0.882. The van der Waals surface area contributed by atoms with Gasteiger partial charge in [0.1, 0.15) is 0 Å². The average Bonchev–Trinajstić information content (AvgIpc) is 2.31. The van der Waals surface area contributed by atoms with Crippen molar-refractivity contribution in [2.75, 3.05) is 0 Å². The number of hydrogen-bond acceptors (Lipinski definition) is 2. The molecule has 1 aliphatic rings. The maximum Gasteiger partial charge on any atom is 0.252 e. The largest absolute Gasteiger partial charge is 0.392 e. The fourth-order valence-electron chi connectivity index (χ4n) is 2.20. The number of amides is 1. The molecular formula is C14H18BrNO2. The van der Waals surface area contributed by atoms with Gasteiger partial charge in [0.2, 0.25) is 0 Å². The molecule has 0 spiro atoms. The molecule has 1 aliphatic carbocycles. The Balaban J connectivity index is 2.12. The Bertz CT molecular complexity index is 485. The number of aliphatic hydroxyl groups excluding tert-OH is 1. The molecule has 2 rings (SSSR count). The number of aliphatic hydroxyl groups is 1. The van der Waals surface area contributed by atoms with Gasteiger partial charge in [-0.2, -0.15) is 0 Å². The zero-order valence-corrected chi connectivity index (χ0v) is 12.4. The molecule has 0 aliphatic heterocycles. The first-order valence-electron chi connectivity index (χ1n) is 6.07. The van der Waals surface area contributed by atoms with Gasteiger partial charge in [-0.25, -0.2) is 0 Å². The Morgan fingerprint density at radius 3 is 2.72 bits per heavy atom. The minimum Gasteiger partial charge on any atom is -0.392 e. The Morgan fingerprint density at radius 2 is 2.17 bits per heavy atom. The molecule has 98 valence electrons. The molecule has 0 aromatic heterocycles. The van der Waals surface area contributed by atoms with Gasteiger partial charge >= 0.3 is 0 Å². The van der Waals surface area contributed by atoms with Crippen LogP contribution in [0.2, 0.25) is 0 Å². The van der Waals surface area contributed by atoms with Gasteiger partial charge < -0.3 is 10.4 Å². The Labute approximate surface area is 116 Å². The van der Waals surface area contributed by atoms with E-state index in [9.17, 15) is 9.90 Å². The van der Waals surface area contributed by atoms with Gasteiger partial charge in [0.05, 0.1) is 11.7 Å². The molecule has 2 atom stereocenters. The van der Waals surface area contributed by atoms with Crippen LogP contribution in [0.1, 0.15) is 36.2 Å². The lowest BCUT2D eigenvalue weighted by Crippen LogP contribution is -2.61. The van der Waals surface area contributed by atoms with E-state index in [1.165, 1.54) is 0 Å². The second-order valence-corrected chi connectivity index (χ2v) is 6.44. The van der Waals surface area contributed by atoms with Crippen molar-refractivity contribution < 1.29 is 9.90 Å². The molecule has 1 aromatic carbocycles.